The van der Waals surface area contributed by atoms with Gasteiger partial charge in [0.1, 0.15) is 13.1 Å². The second-order valence-corrected chi connectivity index (χ2v) is 9.40. The SMILES string of the molecule is CCCCCCCC/C=C/CCCCCCCC[N+](C)(CCOCCO)CCOCCO. The Labute approximate surface area is 199 Å². The first-order valence-electron chi connectivity index (χ1n) is 13.5. The molecule has 0 aromatic carbocycles. The zero-order valence-electron chi connectivity index (χ0n) is 21.6. The fourth-order valence-corrected chi connectivity index (χ4v) is 3.98. The smallest absolute Gasteiger partial charge is 0.102 e. The highest BCUT2D eigenvalue weighted by Crippen LogP contribution is 2.12. The predicted octanol–water partition coefficient (Wildman–Crippen LogP) is 5.49. The van der Waals surface area contributed by atoms with Crippen molar-refractivity contribution in [3.8, 4) is 0 Å². The lowest BCUT2D eigenvalue weighted by Crippen LogP contribution is -2.49. The minimum Gasteiger partial charge on any atom is -0.394 e. The summed E-state index contributed by atoms with van der Waals surface area (Å²) in [5.41, 5.74) is 0. The largest absolute Gasteiger partial charge is 0.394 e. The summed E-state index contributed by atoms with van der Waals surface area (Å²) in [4.78, 5) is 0. The molecule has 0 amide bonds. The maximum absolute atomic E-state index is 8.88. The number of hydrogen-bond donors (Lipinski definition) is 2. The monoisotopic (exact) mass is 458 g/mol. The highest BCUT2D eigenvalue weighted by Gasteiger charge is 2.20. The Morgan fingerprint density at radius 1 is 0.562 bits per heavy atom. The van der Waals surface area contributed by atoms with E-state index in [1.54, 1.807) is 0 Å². The van der Waals surface area contributed by atoms with Crippen molar-refractivity contribution < 1.29 is 24.2 Å². The molecule has 0 rings (SSSR count). The first kappa shape index (κ1) is 31.5. The summed E-state index contributed by atoms with van der Waals surface area (Å²) in [6.45, 7) is 7.61. The first-order chi connectivity index (χ1) is 15.7. The van der Waals surface area contributed by atoms with E-state index in [2.05, 4.69) is 26.1 Å². The normalized spacial score (nSPS) is 12.2. The molecule has 0 unspecified atom stereocenters. The van der Waals surface area contributed by atoms with E-state index < -0.39 is 0 Å². The Kier molecular flexibility index (Phi) is 24.8. The van der Waals surface area contributed by atoms with Crippen LogP contribution >= 0.6 is 0 Å². The lowest BCUT2D eigenvalue weighted by atomic mass is 10.1. The third kappa shape index (κ3) is 22.7. The Morgan fingerprint density at radius 3 is 1.47 bits per heavy atom. The maximum Gasteiger partial charge on any atom is 0.102 e. The molecule has 32 heavy (non-hydrogen) atoms. The van der Waals surface area contributed by atoms with Crippen LogP contribution in [-0.4, -0.2) is 81.0 Å². The summed E-state index contributed by atoms with van der Waals surface area (Å²) in [7, 11) is 2.27. The number of aliphatic hydroxyl groups excluding tert-OH is 2. The van der Waals surface area contributed by atoms with Gasteiger partial charge in [0.2, 0.25) is 0 Å². The number of rotatable bonds is 26. The van der Waals surface area contributed by atoms with Gasteiger partial charge in [0, 0.05) is 0 Å². The maximum atomic E-state index is 8.88. The van der Waals surface area contributed by atoms with Gasteiger partial charge in [-0.15, -0.1) is 0 Å². The minimum absolute atomic E-state index is 0.0816. The zero-order valence-corrected chi connectivity index (χ0v) is 21.6. The summed E-state index contributed by atoms with van der Waals surface area (Å²) >= 11 is 0. The Bertz CT molecular complexity index is 378. The molecule has 0 spiro atoms. The van der Waals surface area contributed by atoms with Crippen molar-refractivity contribution in [3.63, 3.8) is 0 Å². The molecule has 0 atom stereocenters. The van der Waals surface area contributed by atoms with Gasteiger partial charge in [-0.1, -0.05) is 70.4 Å². The van der Waals surface area contributed by atoms with Gasteiger partial charge in [-0.3, -0.25) is 0 Å². The molecule has 5 heteroatoms. The van der Waals surface area contributed by atoms with Crippen LogP contribution in [0.15, 0.2) is 12.2 Å². The molecule has 0 heterocycles. The third-order valence-corrected chi connectivity index (χ3v) is 6.23. The van der Waals surface area contributed by atoms with Gasteiger partial charge >= 0.3 is 0 Å². The van der Waals surface area contributed by atoms with Gasteiger partial charge in [0.15, 0.2) is 0 Å². The number of hydrogen-bond acceptors (Lipinski definition) is 4. The van der Waals surface area contributed by atoms with E-state index in [0.717, 1.165) is 24.1 Å². The van der Waals surface area contributed by atoms with Gasteiger partial charge in [-0.2, -0.15) is 0 Å². The molecule has 0 aliphatic carbocycles. The van der Waals surface area contributed by atoms with E-state index in [4.69, 9.17) is 19.7 Å². The van der Waals surface area contributed by atoms with E-state index in [9.17, 15) is 0 Å². The van der Waals surface area contributed by atoms with Crippen molar-refractivity contribution in [1.29, 1.82) is 0 Å². The van der Waals surface area contributed by atoms with E-state index in [1.165, 1.54) is 89.9 Å². The molecule has 0 aliphatic rings. The zero-order chi connectivity index (χ0) is 23.6. The molecule has 0 aromatic heterocycles. The topological polar surface area (TPSA) is 58.9 Å². The average molecular weight is 459 g/mol. The van der Waals surface area contributed by atoms with Crippen LogP contribution in [0.3, 0.4) is 0 Å². The van der Waals surface area contributed by atoms with Gasteiger partial charge in [0.05, 0.1) is 53.2 Å². The molecule has 5 nitrogen and oxygen atoms in total. The standard InChI is InChI=1S/C27H56NO4/c1-3-4-5-6-7-8-9-10-11-12-13-14-15-16-17-18-19-28(2,20-24-31-26-22-29)21-25-32-27-23-30/h10-11,29-30H,3-9,12-27H2,1-2H3/q+1/b11-10+. The Balaban J connectivity index is 3.70. The number of ether oxygens (including phenoxy) is 2. The lowest BCUT2D eigenvalue weighted by molar-refractivity contribution is -0.910. The van der Waals surface area contributed by atoms with Crippen LogP contribution in [0, 0.1) is 0 Å². The van der Waals surface area contributed by atoms with Gasteiger partial charge in [-0.25, -0.2) is 0 Å². The molecule has 2 N–H and O–H groups in total. The number of likely N-dealkylation sites (N-methyl/N-ethyl adjacent to an activating group) is 1. The fraction of sp³-hybridized carbons (Fsp3) is 0.926. The molecule has 0 aromatic rings. The molecular weight excluding hydrogens is 402 g/mol. The summed E-state index contributed by atoms with van der Waals surface area (Å²) in [6.07, 6.45) is 23.5. The molecule has 0 aliphatic heterocycles. The number of aliphatic hydroxyl groups is 2. The highest BCUT2D eigenvalue weighted by atomic mass is 16.5. The summed E-state index contributed by atoms with van der Waals surface area (Å²) in [5, 5.41) is 17.8. The van der Waals surface area contributed by atoms with Crippen LogP contribution in [0.1, 0.15) is 96.8 Å². The van der Waals surface area contributed by atoms with E-state index in [0.29, 0.717) is 26.4 Å². The third-order valence-electron chi connectivity index (χ3n) is 6.23. The van der Waals surface area contributed by atoms with Gasteiger partial charge in [0.25, 0.3) is 0 Å². The average Bonchev–Trinajstić information content (AvgIpc) is 2.79. The molecule has 0 saturated carbocycles. The van der Waals surface area contributed by atoms with E-state index in [1.807, 2.05) is 0 Å². The van der Waals surface area contributed by atoms with Crippen LogP contribution in [0.5, 0.6) is 0 Å². The summed E-state index contributed by atoms with van der Waals surface area (Å²) in [5.74, 6) is 0. The second kappa shape index (κ2) is 25.2. The Hall–Kier alpha value is -0.460. The summed E-state index contributed by atoms with van der Waals surface area (Å²) < 4.78 is 11.9. The Morgan fingerprint density at radius 2 is 1.00 bits per heavy atom. The number of nitrogens with zero attached hydrogens (tertiary/aromatic N) is 1. The van der Waals surface area contributed by atoms with E-state index in [-0.39, 0.29) is 13.2 Å². The number of allylic oxidation sites excluding steroid dienone is 2. The molecule has 192 valence electrons. The number of quaternary nitrogens is 1. The van der Waals surface area contributed by atoms with E-state index >= 15 is 0 Å². The van der Waals surface area contributed by atoms with Crippen LogP contribution in [0.4, 0.5) is 0 Å². The number of unbranched alkanes of at least 4 members (excludes halogenated alkanes) is 12. The van der Waals surface area contributed by atoms with Crippen molar-refractivity contribution >= 4 is 0 Å². The highest BCUT2D eigenvalue weighted by molar-refractivity contribution is 4.81. The molecule has 0 bridgehead atoms. The van der Waals surface area contributed by atoms with Gasteiger partial charge in [-0.05, 0) is 38.5 Å². The fourth-order valence-electron chi connectivity index (χ4n) is 3.98. The van der Waals surface area contributed by atoms with Crippen molar-refractivity contribution in [1.82, 2.24) is 0 Å². The lowest BCUT2D eigenvalue weighted by Gasteiger charge is -2.34. The first-order valence-corrected chi connectivity index (χ1v) is 13.5. The van der Waals surface area contributed by atoms with Gasteiger partial charge < -0.3 is 24.2 Å². The van der Waals surface area contributed by atoms with Crippen LogP contribution in [0.2, 0.25) is 0 Å². The molecule has 0 radical (unpaired) electrons. The molecular formula is C27H56NO4+. The molecule has 0 saturated heterocycles. The van der Waals surface area contributed by atoms with Crippen molar-refractivity contribution in [2.75, 3.05) is 66.3 Å². The molecule has 0 fully saturated rings. The van der Waals surface area contributed by atoms with Crippen molar-refractivity contribution in [3.05, 3.63) is 12.2 Å². The van der Waals surface area contributed by atoms with Crippen molar-refractivity contribution in [2.24, 2.45) is 0 Å². The second-order valence-electron chi connectivity index (χ2n) is 9.40. The minimum atomic E-state index is 0.0816. The van der Waals surface area contributed by atoms with Crippen LogP contribution in [-0.2, 0) is 9.47 Å². The van der Waals surface area contributed by atoms with Crippen molar-refractivity contribution in [2.45, 2.75) is 96.8 Å². The van der Waals surface area contributed by atoms with Crippen LogP contribution in [0.25, 0.3) is 0 Å². The predicted molar refractivity (Wildman–Crippen MR) is 136 cm³/mol. The van der Waals surface area contributed by atoms with Crippen LogP contribution < -0.4 is 0 Å². The summed E-state index contributed by atoms with van der Waals surface area (Å²) in [6, 6.07) is 0. The quantitative estimate of drug-likeness (QED) is 0.102.